The molecule has 2 amide bonds. The van der Waals surface area contributed by atoms with Gasteiger partial charge in [0.25, 0.3) is 0 Å². The van der Waals surface area contributed by atoms with Gasteiger partial charge < -0.3 is 9.84 Å². The molecule has 2 aromatic carbocycles. The van der Waals surface area contributed by atoms with E-state index in [4.69, 9.17) is 4.74 Å². The normalized spacial score (nSPS) is 28.0. The molecule has 156 valence electrons. The minimum Gasteiger partial charge on any atom is -0.508 e. The second kappa shape index (κ2) is 7.21. The summed E-state index contributed by atoms with van der Waals surface area (Å²) in [6.45, 7) is 0. The quantitative estimate of drug-likeness (QED) is 0.585. The molecule has 0 unspecified atom stereocenters. The fraction of sp³-hybridized carbons (Fsp3) is 0.318. The largest absolute Gasteiger partial charge is 0.508 e. The number of hydrogen-bond donors (Lipinski definition) is 2. The van der Waals surface area contributed by atoms with Crippen LogP contribution in [0, 0.1) is 17.7 Å². The van der Waals surface area contributed by atoms with Crippen LogP contribution in [0.5, 0.6) is 5.75 Å². The number of phenolic OH excluding ortho intramolecular Hbond substituents is 1. The lowest BCUT2D eigenvalue weighted by Gasteiger charge is -2.32. The van der Waals surface area contributed by atoms with Crippen LogP contribution in [-0.4, -0.2) is 47.5 Å². The summed E-state index contributed by atoms with van der Waals surface area (Å²) in [5.74, 6) is -3.70. The van der Waals surface area contributed by atoms with Crippen molar-refractivity contribution in [1.82, 2.24) is 10.2 Å². The molecule has 0 aliphatic carbocycles. The van der Waals surface area contributed by atoms with Gasteiger partial charge in [0, 0.05) is 19.5 Å². The lowest BCUT2D eigenvalue weighted by atomic mass is 9.76. The van der Waals surface area contributed by atoms with E-state index in [0.29, 0.717) is 11.1 Å². The average molecular weight is 412 g/mol. The van der Waals surface area contributed by atoms with Gasteiger partial charge in [-0.3, -0.25) is 24.6 Å². The highest BCUT2D eigenvalue weighted by molar-refractivity contribution is 6.09. The van der Waals surface area contributed by atoms with Crippen LogP contribution in [0.4, 0.5) is 4.39 Å². The number of methoxy groups -OCH3 is 1. The van der Waals surface area contributed by atoms with Crippen molar-refractivity contribution >= 4 is 17.8 Å². The van der Waals surface area contributed by atoms with Gasteiger partial charge in [0.15, 0.2) is 0 Å². The molecule has 2 heterocycles. The first-order chi connectivity index (χ1) is 14.3. The first-order valence-electron chi connectivity index (χ1n) is 9.49. The summed E-state index contributed by atoms with van der Waals surface area (Å²) in [4.78, 5) is 40.1. The number of halogens is 1. The molecular formula is C22H21FN2O5. The number of aromatic hydroxyl groups is 1. The zero-order chi connectivity index (χ0) is 21.6. The Morgan fingerprint density at radius 1 is 1.13 bits per heavy atom. The fourth-order valence-electron chi connectivity index (χ4n) is 4.64. The number of ether oxygens (including phenoxy) is 1. The predicted molar refractivity (Wildman–Crippen MR) is 104 cm³/mol. The van der Waals surface area contributed by atoms with E-state index in [1.807, 2.05) is 0 Å². The van der Waals surface area contributed by atoms with E-state index in [9.17, 15) is 23.9 Å². The summed E-state index contributed by atoms with van der Waals surface area (Å²) < 4.78 is 18.5. The first kappa shape index (κ1) is 20.0. The number of nitrogens with one attached hydrogen (secondary N) is 1. The Hall–Kier alpha value is -3.26. The Kier molecular flexibility index (Phi) is 4.82. The topological polar surface area (TPSA) is 95.9 Å². The Bertz CT molecular complexity index is 1010. The molecule has 8 heteroatoms. The zero-order valence-electron chi connectivity index (χ0n) is 16.5. The lowest BCUT2D eigenvalue weighted by Crippen LogP contribution is -2.57. The monoisotopic (exact) mass is 412 g/mol. The van der Waals surface area contributed by atoms with Crippen LogP contribution < -0.4 is 5.32 Å². The average Bonchev–Trinajstić information content (AvgIpc) is 3.20. The van der Waals surface area contributed by atoms with E-state index in [0.717, 1.165) is 4.90 Å². The number of amides is 2. The summed E-state index contributed by atoms with van der Waals surface area (Å²) in [6, 6.07) is 11.2. The summed E-state index contributed by atoms with van der Waals surface area (Å²) >= 11 is 0. The van der Waals surface area contributed by atoms with Crippen molar-refractivity contribution in [3.05, 3.63) is 65.5 Å². The van der Waals surface area contributed by atoms with Gasteiger partial charge in [-0.05, 0) is 35.4 Å². The Morgan fingerprint density at radius 3 is 2.37 bits per heavy atom. The van der Waals surface area contributed by atoms with Crippen LogP contribution in [0.25, 0.3) is 0 Å². The molecule has 0 spiro atoms. The second-order valence-corrected chi connectivity index (χ2v) is 7.72. The zero-order valence-corrected chi connectivity index (χ0v) is 16.5. The van der Waals surface area contributed by atoms with Gasteiger partial charge in [-0.25, -0.2) is 4.39 Å². The molecule has 4 rings (SSSR count). The summed E-state index contributed by atoms with van der Waals surface area (Å²) in [6.07, 6.45) is 0.0751. The molecule has 0 saturated carbocycles. The third-order valence-corrected chi connectivity index (χ3v) is 6.07. The molecule has 2 aliphatic rings. The highest BCUT2D eigenvalue weighted by Crippen LogP contribution is 2.50. The van der Waals surface area contributed by atoms with Crippen molar-refractivity contribution in [3.8, 4) is 5.75 Å². The van der Waals surface area contributed by atoms with E-state index in [-0.39, 0.29) is 12.2 Å². The van der Waals surface area contributed by atoms with Gasteiger partial charge >= 0.3 is 5.97 Å². The van der Waals surface area contributed by atoms with Crippen molar-refractivity contribution < 1.29 is 28.6 Å². The van der Waals surface area contributed by atoms with E-state index in [1.54, 1.807) is 12.1 Å². The number of hydrogen-bond acceptors (Lipinski definition) is 6. The van der Waals surface area contributed by atoms with Gasteiger partial charge in [-0.15, -0.1) is 0 Å². The van der Waals surface area contributed by atoms with Crippen LogP contribution in [0.1, 0.15) is 17.2 Å². The molecule has 0 aromatic heterocycles. The predicted octanol–water partition coefficient (Wildman–Crippen LogP) is 1.56. The summed E-state index contributed by atoms with van der Waals surface area (Å²) in [5, 5.41) is 12.8. The molecule has 2 aromatic rings. The third-order valence-electron chi connectivity index (χ3n) is 6.07. The second-order valence-electron chi connectivity index (χ2n) is 7.72. The Labute approximate surface area is 172 Å². The minimum absolute atomic E-state index is 0.0687. The van der Waals surface area contributed by atoms with Crippen LogP contribution in [0.15, 0.2) is 48.5 Å². The van der Waals surface area contributed by atoms with Crippen molar-refractivity contribution in [2.24, 2.45) is 11.8 Å². The Morgan fingerprint density at radius 2 is 1.77 bits per heavy atom. The number of likely N-dealkylation sites (tertiary alicyclic amines) is 1. The Balaban J connectivity index is 1.84. The number of phenols is 1. The molecule has 30 heavy (non-hydrogen) atoms. The molecule has 2 fully saturated rings. The smallest absolute Gasteiger partial charge is 0.327 e. The number of imide groups is 1. The van der Waals surface area contributed by atoms with E-state index in [2.05, 4.69) is 5.32 Å². The van der Waals surface area contributed by atoms with Crippen LogP contribution in [-0.2, 0) is 25.5 Å². The van der Waals surface area contributed by atoms with Crippen LogP contribution in [0.3, 0.4) is 0 Å². The molecule has 2 saturated heterocycles. The molecular weight excluding hydrogens is 391 g/mol. The molecule has 0 radical (unpaired) electrons. The molecule has 7 nitrogen and oxygen atoms in total. The van der Waals surface area contributed by atoms with Crippen molar-refractivity contribution in [1.29, 1.82) is 0 Å². The number of benzene rings is 2. The van der Waals surface area contributed by atoms with Crippen molar-refractivity contribution in [2.75, 3.05) is 14.2 Å². The third kappa shape index (κ3) is 2.95. The standard InChI is InChI=1S/C22H21FN2O5/c1-25-19(27)16-17(20(25)28)22(21(29)30-2,11-12-3-9-15(26)10-4-12)24-18(16)13-5-7-14(23)8-6-13/h3-10,16-18,24,26H,11H2,1-2H3/t16-,17-,18-,22+/m0/s1. The maximum Gasteiger partial charge on any atom is 0.327 e. The van der Waals surface area contributed by atoms with E-state index < -0.39 is 47.0 Å². The van der Waals surface area contributed by atoms with Gasteiger partial charge in [0.1, 0.15) is 17.1 Å². The van der Waals surface area contributed by atoms with E-state index >= 15 is 0 Å². The number of rotatable bonds is 4. The first-order valence-corrected chi connectivity index (χ1v) is 9.49. The molecule has 2 N–H and O–H groups in total. The highest BCUT2D eigenvalue weighted by Gasteiger charge is 2.68. The number of esters is 1. The van der Waals surface area contributed by atoms with Crippen LogP contribution in [0.2, 0.25) is 0 Å². The van der Waals surface area contributed by atoms with Gasteiger partial charge in [-0.2, -0.15) is 0 Å². The number of carbonyl (C=O) groups excluding carboxylic acids is 3. The molecule has 0 bridgehead atoms. The lowest BCUT2D eigenvalue weighted by molar-refractivity contribution is -0.153. The summed E-state index contributed by atoms with van der Waals surface area (Å²) in [7, 11) is 2.63. The van der Waals surface area contributed by atoms with E-state index in [1.165, 1.54) is 50.6 Å². The fourth-order valence-corrected chi connectivity index (χ4v) is 4.64. The summed E-state index contributed by atoms with van der Waals surface area (Å²) in [5.41, 5.74) is -0.217. The molecule has 2 aliphatic heterocycles. The maximum atomic E-state index is 13.5. The minimum atomic E-state index is -1.49. The number of carbonyl (C=O) groups is 3. The van der Waals surface area contributed by atoms with Crippen LogP contribution >= 0.6 is 0 Å². The van der Waals surface area contributed by atoms with Crippen molar-refractivity contribution in [2.45, 2.75) is 18.0 Å². The SMILES string of the molecule is COC(=O)[C@]1(Cc2ccc(O)cc2)N[C@@H](c2ccc(F)cc2)[C@H]2C(=O)N(C)C(=O)[C@H]21. The molecule has 4 atom stereocenters. The van der Waals surface area contributed by atoms with Gasteiger partial charge in [0.05, 0.1) is 18.9 Å². The number of fused-ring (bicyclic) bond motifs is 1. The van der Waals surface area contributed by atoms with Crippen molar-refractivity contribution in [3.63, 3.8) is 0 Å². The van der Waals surface area contributed by atoms with Gasteiger partial charge in [-0.1, -0.05) is 24.3 Å². The maximum absolute atomic E-state index is 13.5. The number of nitrogens with zero attached hydrogens (tertiary/aromatic N) is 1. The van der Waals surface area contributed by atoms with Gasteiger partial charge in [0.2, 0.25) is 11.8 Å². The highest BCUT2D eigenvalue weighted by atomic mass is 19.1.